The first-order chi connectivity index (χ1) is 12.0. The van der Waals surface area contributed by atoms with E-state index >= 15 is 0 Å². The first-order valence-corrected chi connectivity index (χ1v) is 8.17. The molecule has 1 atom stereocenters. The van der Waals surface area contributed by atoms with Gasteiger partial charge in [-0.1, -0.05) is 32.0 Å². The van der Waals surface area contributed by atoms with Gasteiger partial charge in [0, 0.05) is 0 Å². The summed E-state index contributed by atoms with van der Waals surface area (Å²) >= 11 is 0. The van der Waals surface area contributed by atoms with E-state index in [2.05, 4.69) is 5.32 Å². The van der Waals surface area contributed by atoms with E-state index in [-0.39, 0.29) is 17.7 Å². The van der Waals surface area contributed by atoms with E-state index in [0.29, 0.717) is 22.9 Å². The summed E-state index contributed by atoms with van der Waals surface area (Å²) in [4.78, 5) is 12.9. The van der Waals surface area contributed by atoms with Crippen molar-refractivity contribution in [2.75, 3.05) is 26.6 Å². The van der Waals surface area contributed by atoms with Crippen LogP contribution in [0.3, 0.4) is 0 Å². The number of rotatable bonds is 7. The first kappa shape index (κ1) is 18.6. The van der Waals surface area contributed by atoms with Gasteiger partial charge in [0.05, 0.1) is 32.9 Å². The Labute approximate surface area is 148 Å². The molecule has 2 aromatic carbocycles. The van der Waals surface area contributed by atoms with Gasteiger partial charge in [-0.25, -0.2) is 0 Å². The predicted molar refractivity (Wildman–Crippen MR) is 98.7 cm³/mol. The lowest BCUT2D eigenvalue weighted by atomic mass is 9.87. The van der Waals surface area contributed by atoms with Crippen molar-refractivity contribution in [3.63, 3.8) is 0 Å². The minimum Gasteiger partial charge on any atom is -0.495 e. The minimum absolute atomic E-state index is 0.0910. The summed E-state index contributed by atoms with van der Waals surface area (Å²) in [6.07, 6.45) is 0. The molecule has 0 bridgehead atoms. The average molecular weight is 343 g/mol. The van der Waals surface area contributed by atoms with E-state index < -0.39 is 0 Å². The van der Waals surface area contributed by atoms with E-state index in [1.807, 2.05) is 56.3 Å². The number of ether oxygens (including phenoxy) is 3. The molecule has 0 aliphatic heterocycles. The van der Waals surface area contributed by atoms with Gasteiger partial charge in [-0.15, -0.1) is 0 Å². The van der Waals surface area contributed by atoms with Crippen molar-refractivity contribution in [1.82, 2.24) is 0 Å². The van der Waals surface area contributed by atoms with Crippen molar-refractivity contribution in [2.24, 2.45) is 5.92 Å². The number of anilines is 1. The molecule has 1 unspecified atom stereocenters. The van der Waals surface area contributed by atoms with Gasteiger partial charge < -0.3 is 19.5 Å². The standard InChI is InChI=1S/C20H25NO4/c1-13(2)19(14-10-11-17(24-4)18(12-14)25-5)20(22)21-15-8-6-7-9-16(15)23-3/h6-13,19H,1-5H3,(H,21,22). The second-order valence-corrected chi connectivity index (χ2v) is 6.03. The third kappa shape index (κ3) is 4.24. The Morgan fingerprint density at radius 1 is 0.880 bits per heavy atom. The second kappa shape index (κ2) is 8.42. The van der Waals surface area contributed by atoms with Gasteiger partial charge in [0.1, 0.15) is 5.75 Å². The highest BCUT2D eigenvalue weighted by molar-refractivity contribution is 5.97. The minimum atomic E-state index is -0.329. The van der Waals surface area contributed by atoms with E-state index in [0.717, 1.165) is 5.56 Å². The van der Waals surface area contributed by atoms with E-state index in [4.69, 9.17) is 14.2 Å². The zero-order chi connectivity index (χ0) is 18.4. The maximum Gasteiger partial charge on any atom is 0.232 e. The molecule has 1 amide bonds. The molecule has 0 aliphatic rings. The SMILES string of the molecule is COc1ccccc1NC(=O)C(c1ccc(OC)c(OC)c1)C(C)C. The van der Waals surface area contributed by atoms with Crippen molar-refractivity contribution in [1.29, 1.82) is 0 Å². The molecule has 0 aliphatic carbocycles. The molecular formula is C20H25NO4. The first-order valence-electron chi connectivity index (χ1n) is 8.17. The maximum absolute atomic E-state index is 12.9. The third-order valence-electron chi connectivity index (χ3n) is 4.08. The fourth-order valence-corrected chi connectivity index (χ4v) is 2.84. The number of nitrogens with one attached hydrogen (secondary N) is 1. The van der Waals surface area contributed by atoms with Crippen molar-refractivity contribution >= 4 is 11.6 Å². The van der Waals surface area contributed by atoms with Gasteiger partial charge in [-0.2, -0.15) is 0 Å². The summed E-state index contributed by atoms with van der Waals surface area (Å²) in [6.45, 7) is 4.03. The second-order valence-electron chi connectivity index (χ2n) is 6.03. The number of amides is 1. The number of benzene rings is 2. The van der Waals surface area contributed by atoms with Gasteiger partial charge in [0.15, 0.2) is 11.5 Å². The van der Waals surface area contributed by atoms with Gasteiger partial charge in [0.25, 0.3) is 0 Å². The number of carbonyl (C=O) groups excluding carboxylic acids is 1. The van der Waals surface area contributed by atoms with Crippen LogP contribution in [0, 0.1) is 5.92 Å². The molecule has 0 heterocycles. The summed E-state index contributed by atoms with van der Waals surface area (Å²) in [6, 6.07) is 12.9. The topological polar surface area (TPSA) is 56.8 Å². The van der Waals surface area contributed by atoms with Crippen molar-refractivity contribution in [3.8, 4) is 17.2 Å². The normalized spacial score (nSPS) is 11.8. The fraction of sp³-hybridized carbons (Fsp3) is 0.350. The van der Waals surface area contributed by atoms with Gasteiger partial charge >= 0.3 is 0 Å². The van der Waals surface area contributed by atoms with Crippen LogP contribution in [0.4, 0.5) is 5.69 Å². The summed E-state index contributed by atoms with van der Waals surface area (Å²) < 4.78 is 15.9. The van der Waals surface area contributed by atoms with Crippen LogP contribution in [-0.2, 0) is 4.79 Å². The molecule has 0 saturated carbocycles. The van der Waals surface area contributed by atoms with E-state index in [1.54, 1.807) is 21.3 Å². The highest BCUT2D eigenvalue weighted by atomic mass is 16.5. The number of para-hydroxylation sites is 2. The molecule has 134 valence electrons. The zero-order valence-corrected chi connectivity index (χ0v) is 15.3. The van der Waals surface area contributed by atoms with Crippen LogP contribution in [0.1, 0.15) is 25.3 Å². The van der Waals surface area contributed by atoms with E-state index in [1.165, 1.54) is 0 Å². The van der Waals surface area contributed by atoms with Gasteiger partial charge in [-0.3, -0.25) is 4.79 Å². The lowest BCUT2D eigenvalue weighted by molar-refractivity contribution is -0.118. The molecule has 25 heavy (non-hydrogen) atoms. The summed E-state index contributed by atoms with van der Waals surface area (Å²) in [7, 11) is 4.76. The molecule has 0 fully saturated rings. The van der Waals surface area contributed by atoms with Crippen LogP contribution in [0.15, 0.2) is 42.5 Å². The monoisotopic (exact) mass is 343 g/mol. The Hall–Kier alpha value is -2.69. The van der Waals surface area contributed by atoms with Crippen LogP contribution in [0.5, 0.6) is 17.2 Å². The van der Waals surface area contributed by atoms with Crippen LogP contribution in [0.25, 0.3) is 0 Å². The molecular weight excluding hydrogens is 318 g/mol. The Morgan fingerprint density at radius 2 is 1.52 bits per heavy atom. The van der Waals surface area contributed by atoms with Crippen molar-refractivity contribution in [3.05, 3.63) is 48.0 Å². The third-order valence-corrected chi connectivity index (χ3v) is 4.08. The largest absolute Gasteiger partial charge is 0.495 e. The Balaban J connectivity index is 2.33. The molecule has 0 saturated heterocycles. The Morgan fingerprint density at radius 3 is 2.12 bits per heavy atom. The van der Waals surface area contributed by atoms with Gasteiger partial charge in [0.2, 0.25) is 5.91 Å². The molecule has 2 aromatic rings. The van der Waals surface area contributed by atoms with Crippen molar-refractivity contribution in [2.45, 2.75) is 19.8 Å². The summed E-state index contributed by atoms with van der Waals surface area (Å²) in [5.41, 5.74) is 1.53. The predicted octanol–water partition coefficient (Wildman–Crippen LogP) is 4.09. The quantitative estimate of drug-likeness (QED) is 0.823. The van der Waals surface area contributed by atoms with Crippen LogP contribution in [-0.4, -0.2) is 27.2 Å². The van der Waals surface area contributed by atoms with E-state index in [9.17, 15) is 4.79 Å². The molecule has 2 rings (SSSR count). The number of hydrogen-bond acceptors (Lipinski definition) is 4. The Kier molecular flexibility index (Phi) is 6.28. The van der Waals surface area contributed by atoms with Crippen LogP contribution >= 0.6 is 0 Å². The highest BCUT2D eigenvalue weighted by Crippen LogP contribution is 2.34. The Bertz CT molecular complexity index is 727. The fourth-order valence-electron chi connectivity index (χ4n) is 2.84. The number of carbonyl (C=O) groups is 1. The van der Waals surface area contributed by atoms with Crippen LogP contribution < -0.4 is 19.5 Å². The molecule has 0 radical (unpaired) electrons. The summed E-state index contributed by atoms with van der Waals surface area (Å²) in [5.74, 6) is 1.56. The molecule has 1 N–H and O–H groups in total. The molecule has 0 spiro atoms. The summed E-state index contributed by atoms with van der Waals surface area (Å²) in [5, 5.41) is 2.97. The van der Waals surface area contributed by atoms with Crippen molar-refractivity contribution < 1.29 is 19.0 Å². The number of hydrogen-bond donors (Lipinski definition) is 1. The average Bonchev–Trinajstić information content (AvgIpc) is 2.61. The molecule has 5 heteroatoms. The van der Waals surface area contributed by atoms with Crippen LogP contribution in [0.2, 0.25) is 0 Å². The lowest BCUT2D eigenvalue weighted by Crippen LogP contribution is -2.25. The number of methoxy groups -OCH3 is 3. The highest BCUT2D eigenvalue weighted by Gasteiger charge is 2.26. The lowest BCUT2D eigenvalue weighted by Gasteiger charge is -2.22. The molecule has 5 nitrogen and oxygen atoms in total. The zero-order valence-electron chi connectivity index (χ0n) is 15.3. The van der Waals surface area contributed by atoms with Gasteiger partial charge in [-0.05, 0) is 35.7 Å². The smallest absolute Gasteiger partial charge is 0.232 e. The maximum atomic E-state index is 12.9. The molecule has 0 aromatic heterocycles.